The van der Waals surface area contributed by atoms with Crippen LogP contribution in [0.15, 0.2) is 36.5 Å². The highest BCUT2D eigenvalue weighted by molar-refractivity contribution is 5.99. The van der Waals surface area contributed by atoms with Crippen molar-refractivity contribution in [3.8, 4) is 0 Å². The molecule has 26 heavy (non-hydrogen) atoms. The lowest BCUT2D eigenvalue weighted by Crippen LogP contribution is -2.52. The number of hydrogen-bond donors (Lipinski definition) is 2. The Morgan fingerprint density at radius 1 is 1.35 bits per heavy atom. The summed E-state index contributed by atoms with van der Waals surface area (Å²) in [7, 11) is 0. The first kappa shape index (κ1) is 17.9. The number of benzene rings is 1. The molecule has 0 saturated heterocycles. The van der Waals surface area contributed by atoms with Crippen molar-refractivity contribution in [3.63, 3.8) is 0 Å². The van der Waals surface area contributed by atoms with Gasteiger partial charge in [-0.25, -0.2) is 4.79 Å². The number of anilines is 1. The summed E-state index contributed by atoms with van der Waals surface area (Å²) in [6.45, 7) is 5.71. The number of nitrogens with zero attached hydrogens (tertiary/aromatic N) is 3. The van der Waals surface area contributed by atoms with Gasteiger partial charge in [0.15, 0.2) is 0 Å². The maximum Gasteiger partial charge on any atom is 0.408 e. The maximum atomic E-state index is 12.3. The number of hydrogen-bond acceptors (Lipinski definition) is 5. The molecule has 138 valence electrons. The van der Waals surface area contributed by atoms with Crippen molar-refractivity contribution >= 4 is 17.7 Å². The zero-order valence-corrected chi connectivity index (χ0v) is 15.0. The molecule has 1 aromatic carbocycles. The van der Waals surface area contributed by atoms with Gasteiger partial charge in [0.05, 0.1) is 18.4 Å². The summed E-state index contributed by atoms with van der Waals surface area (Å²) in [5.41, 5.74) is 1.35. The number of alkyl carbamates (subject to hydrolysis) is 1. The molecular formula is C18H22N4O4. The molecule has 2 N–H and O–H groups in total. The molecule has 1 atom stereocenters. The third-order valence-electron chi connectivity index (χ3n) is 3.93. The number of aromatic nitrogens is 2. The molecule has 0 aliphatic carbocycles. The summed E-state index contributed by atoms with van der Waals surface area (Å²) in [5, 5.41) is 17.5. The fraction of sp³-hybridized carbons (Fsp3) is 0.389. The monoisotopic (exact) mass is 358 g/mol. The number of carbonyl (C=O) groups excluding carboxylic acids is 2. The Bertz CT molecular complexity index is 810. The lowest BCUT2D eigenvalue weighted by molar-refractivity contribution is -0.126. The van der Waals surface area contributed by atoms with Crippen molar-refractivity contribution in [1.29, 1.82) is 0 Å². The minimum Gasteiger partial charge on any atom is -0.444 e. The standard InChI is InChI=1S/C18H22N4O4/c1-18(2,3)26-17(24)20-13-9-14-15(22(25)16(13)23)10-19-21(14)11-12-7-5-4-6-8-12/h4-8,10,13,25H,9,11H2,1-3H3,(H,20,24)/t13-/m0/s1. The Morgan fingerprint density at radius 3 is 2.69 bits per heavy atom. The van der Waals surface area contributed by atoms with Crippen LogP contribution in [0.4, 0.5) is 10.5 Å². The molecule has 8 nitrogen and oxygen atoms in total. The van der Waals surface area contributed by atoms with Crippen molar-refractivity contribution in [2.45, 2.75) is 45.4 Å². The van der Waals surface area contributed by atoms with Gasteiger partial charge in [-0.15, -0.1) is 0 Å². The fourth-order valence-electron chi connectivity index (χ4n) is 2.79. The first-order valence-electron chi connectivity index (χ1n) is 8.35. The summed E-state index contributed by atoms with van der Waals surface area (Å²) in [6, 6.07) is 8.80. The van der Waals surface area contributed by atoms with E-state index in [-0.39, 0.29) is 6.42 Å². The van der Waals surface area contributed by atoms with Crippen molar-refractivity contribution in [2.24, 2.45) is 0 Å². The van der Waals surface area contributed by atoms with Crippen LogP contribution >= 0.6 is 0 Å². The normalized spacial score (nSPS) is 17.0. The van der Waals surface area contributed by atoms with Crippen LogP contribution in [0.1, 0.15) is 32.0 Å². The van der Waals surface area contributed by atoms with Gasteiger partial charge in [-0.05, 0) is 26.3 Å². The van der Waals surface area contributed by atoms with E-state index in [1.165, 1.54) is 6.20 Å². The molecular weight excluding hydrogens is 336 g/mol. The highest BCUT2D eigenvalue weighted by atomic mass is 16.6. The van der Waals surface area contributed by atoms with Crippen LogP contribution in [-0.4, -0.2) is 38.6 Å². The van der Waals surface area contributed by atoms with Gasteiger partial charge in [0.2, 0.25) is 0 Å². The number of rotatable bonds is 3. The van der Waals surface area contributed by atoms with Gasteiger partial charge in [0, 0.05) is 6.42 Å². The first-order chi connectivity index (χ1) is 12.2. The summed E-state index contributed by atoms with van der Waals surface area (Å²) in [5.74, 6) is -0.623. The number of hydroxylamine groups is 1. The van der Waals surface area contributed by atoms with Crippen LogP contribution in [0, 0.1) is 0 Å². The van der Waals surface area contributed by atoms with Crippen LogP contribution in [-0.2, 0) is 22.5 Å². The van der Waals surface area contributed by atoms with E-state index < -0.39 is 23.6 Å². The van der Waals surface area contributed by atoms with E-state index in [4.69, 9.17) is 4.74 Å². The number of carbonyl (C=O) groups is 2. The SMILES string of the molecule is CC(C)(C)OC(=O)N[C@H]1Cc2c(cnn2Cc2ccccc2)N(O)C1=O. The Labute approximate surface area is 151 Å². The van der Waals surface area contributed by atoms with Gasteiger partial charge in [0.25, 0.3) is 5.91 Å². The highest BCUT2D eigenvalue weighted by Crippen LogP contribution is 2.27. The zero-order valence-electron chi connectivity index (χ0n) is 15.0. The minimum absolute atomic E-state index is 0.220. The van der Waals surface area contributed by atoms with E-state index in [0.29, 0.717) is 23.0 Å². The number of amides is 2. The second-order valence-electron chi connectivity index (χ2n) is 7.17. The summed E-state index contributed by atoms with van der Waals surface area (Å²) in [4.78, 5) is 24.3. The van der Waals surface area contributed by atoms with E-state index in [1.54, 1.807) is 25.5 Å². The third kappa shape index (κ3) is 3.85. The van der Waals surface area contributed by atoms with E-state index in [9.17, 15) is 14.8 Å². The van der Waals surface area contributed by atoms with Crippen molar-refractivity contribution in [2.75, 3.05) is 5.06 Å². The molecule has 0 radical (unpaired) electrons. The molecule has 1 aromatic heterocycles. The van der Waals surface area contributed by atoms with E-state index >= 15 is 0 Å². The van der Waals surface area contributed by atoms with Crippen LogP contribution in [0.25, 0.3) is 0 Å². The molecule has 0 spiro atoms. The Morgan fingerprint density at radius 2 is 2.04 bits per heavy atom. The van der Waals surface area contributed by atoms with Crippen LogP contribution in [0.3, 0.4) is 0 Å². The third-order valence-corrected chi connectivity index (χ3v) is 3.93. The average Bonchev–Trinajstić information content (AvgIpc) is 2.94. The van der Waals surface area contributed by atoms with E-state index in [1.807, 2.05) is 30.3 Å². The maximum absolute atomic E-state index is 12.3. The van der Waals surface area contributed by atoms with Gasteiger partial charge in [-0.3, -0.25) is 14.7 Å². The van der Waals surface area contributed by atoms with Crippen molar-refractivity contribution < 1.29 is 19.5 Å². The van der Waals surface area contributed by atoms with Crippen LogP contribution in [0.5, 0.6) is 0 Å². The molecule has 2 heterocycles. The quantitative estimate of drug-likeness (QED) is 0.819. The molecule has 0 fully saturated rings. The molecule has 2 amide bonds. The van der Waals surface area contributed by atoms with Gasteiger partial charge in [-0.1, -0.05) is 30.3 Å². The number of ether oxygens (including phenoxy) is 1. The van der Waals surface area contributed by atoms with E-state index in [0.717, 1.165) is 5.56 Å². The Hall–Kier alpha value is -2.87. The van der Waals surface area contributed by atoms with Crippen LogP contribution < -0.4 is 10.4 Å². The topological polar surface area (TPSA) is 96.7 Å². The zero-order chi connectivity index (χ0) is 18.9. The van der Waals surface area contributed by atoms with Crippen molar-refractivity contribution in [1.82, 2.24) is 15.1 Å². The second-order valence-corrected chi connectivity index (χ2v) is 7.17. The highest BCUT2D eigenvalue weighted by Gasteiger charge is 2.36. The first-order valence-corrected chi connectivity index (χ1v) is 8.35. The molecule has 0 saturated carbocycles. The van der Waals surface area contributed by atoms with Gasteiger partial charge in [0.1, 0.15) is 17.3 Å². The Kier molecular flexibility index (Phi) is 4.69. The molecule has 0 unspecified atom stereocenters. The van der Waals surface area contributed by atoms with Gasteiger partial charge in [-0.2, -0.15) is 10.2 Å². The molecule has 8 heteroatoms. The predicted octanol–water partition coefficient (Wildman–Crippen LogP) is 2.10. The lowest BCUT2D eigenvalue weighted by Gasteiger charge is -2.29. The second kappa shape index (κ2) is 6.80. The lowest BCUT2D eigenvalue weighted by atomic mass is 10.0. The minimum atomic E-state index is -0.923. The number of fused-ring (bicyclic) bond motifs is 1. The average molecular weight is 358 g/mol. The molecule has 2 aromatic rings. The summed E-state index contributed by atoms with van der Waals surface area (Å²) in [6.07, 6.45) is 0.957. The molecule has 0 bridgehead atoms. The number of nitrogens with one attached hydrogen (secondary N) is 1. The van der Waals surface area contributed by atoms with Crippen LogP contribution in [0.2, 0.25) is 0 Å². The summed E-state index contributed by atoms with van der Waals surface area (Å²) >= 11 is 0. The largest absolute Gasteiger partial charge is 0.444 e. The molecule has 1 aliphatic heterocycles. The Balaban J connectivity index is 1.79. The van der Waals surface area contributed by atoms with Gasteiger partial charge >= 0.3 is 6.09 Å². The fourth-order valence-corrected chi connectivity index (χ4v) is 2.79. The molecule has 3 rings (SSSR count). The van der Waals surface area contributed by atoms with Crippen molar-refractivity contribution in [3.05, 3.63) is 47.8 Å². The molecule has 1 aliphatic rings. The smallest absolute Gasteiger partial charge is 0.408 e. The van der Waals surface area contributed by atoms with Gasteiger partial charge < -0.3 is 10.1 Å². The summed E-state index contributed by atoms with van der Waals surface area (Å²) < 4.78 is 6.91. The van der Waals surface area contributed by atoms with E-state index in [2.05, 4.69) is 10.4 Å². The predicted molar refractivity (Wildman–Crippen MR) is 93.9 cm³/mol.